The van der Waals surface area contributed by atoms with E-state index in [1.807, 2.05) is 11.8 Å². The van der Waals surface area contributed by atoms with E-state index in [9.17, 15) is 0 Å². The van der Waals surface area contributed by atoms with Crippen LogP contribution in [0.2, 0.25) is 0 Å². The van der Waals surface area contributed by atoms with E-state index < -0.39 is 0 Å². The summed E-state index contributed by atoms with van der Waals surface area (Å²) in [6.07, 6.45) is 3.40. The van der Waals surface area contributed by atoms with Crippen molar-refractivity contribution in [2.24, 2.45) is 0 Å². The zero-order valence-electron chi connectivity index (χ0n) is 8.29. The first-order valence-electron chi connectivity index (χ1n) is 4.76. The summed E-state index contributed by atoms with van der Waals surface area (Å²) in [6, 6.07) is 10.6. The quantitative estimate of drug-likeness (QED) is 0.689. The van der Waals surface area contributed by atoms with E-state index in [1.165, 1.54) is 10.5 Å². The van der Waals surface area contributed by atoms with Crippen LogP contribution in [-0.2, 0) is 0 Å². The van der Waals surface area contributed by atoms with Gasteiger partial charge in [0.15, 0.2) is 0 Å². The maximum absolute atomic E-state index is 2.30. The largest absolute Gasteiger partial charge is 0.126 e. The summed E-state index contributed by atoms with van der Waals surface area (Å²) in [5.41, 5.74) is 1.34. The second-order valence-corrected chi connectivity index (χ2v) is 4.08. The van der Waals surface area contributed by atoms with Crippen LogP contribution >= 0.6 is 11.8 Å². The fourth-order valence-corrected chi connectivity index (χ4v) is 2.10. The lowest BCUT2D eigenvalue weighted by molar-refractivity contribution is 1.23. The van der Waals surface area contributed by atoms with Gasteiger partial charge in [-0.15, -0.1) is 11.8 Å². The van der Waals surface area contributed by atoms with Crippen LogP contribution in [0, 0.1) is 0 Å². The molecule has 0 aliphatic carbocycles. The predicted molar refractivity (Wildman–Crippen MR) is 62.8 cm³/mol. The van der Waals surface area contributed by atoms with Crippen molar-refractivity contribution in [3.8, 4) is 0 Å². The van der Waals surface area contributed by atoms with Crippen molar-refractivity contribution >= 4 is 16.7 Å². The van der Waals surface area contributed by atoms with Crippen molar-refractivity contribution in [3.63, 3.8) is 0 Å². The Morgan fingerprint density at radius 3 is 2.46 bits per heavy atom. The maximum Gasteiger partial charge on any atom is 0.0104 e. The molecule has 0 N–H and O–H groups in total. The number of rotatable bonds is 4. The number of hydrogen-bond acceptors (Lipinski definition) is 1. The number of thioether (sulfide) groups is 1. The zero-order valence-corrected chi connectivity index (χ0v) is 9.10. The van der Waals surface area contributed by atoms with Crippen LogP contribution in [0.5, 0.6) is 0 Å². The minimum atomic E-state index is 1.11. The molecule has 1 aromatic rings. The third-order valence-electron chi connectivity index (χ3n) is 1.75. The molecule has 0 unspecified atom stereocenters. The van der Waals surface area contributed by atoms with E-state index in [4.69, 9.17) is 0 Å². The smallest absolute Gasteiger partial charge is 0.0104 e. The minimum Gasteiger partial charge on any atom is -0.126 e. The summed E-state index contributed by atoms with van der Waals surface area (Å²) in [5, 5.41) is 0. The van der Waals surface area contributed by atoms with Gasteiger partial charge in [-0.05, 0) is 17.7 Å². The predicted octanol–water partition coefficient (Wildman–Crippen LogP) is 4.19. The van der Waals surface area contributed by atoms with E-state index in [1.54, 1.807) is 0 Å². The maximum atomic E-state index is 2.30. The summed E-state index contributed by atoms with van der Waals surface area (Å²) < 4.78 is 0. The van der Waals surface area contributed by atoms with Crippen LogP contribution in [0.3, 0.4) is 0 Å². The summed E-state index contributed by atoms with van der Waals surface area (Å²) in [5.74, 6) is 1.14. The Morgan fingerprint density at radius 1 is 1.23 bits per heavy atom. The molecule has 0 nitrogen and oxygen atoms in total. The second kappa shape index (κ2) is 5.87. The molecule has 0 aliphatic rings. The number of benzene rings is 1. The van der Waals surface area contributed by atoms with Gasteiger partial charge in [0, 0.05) is 4.91 Å². The normalized spacial score (nSPS) is 11.7. The van der Waals surface area contributed by atoms with Gasteiger partial charge in [-0.1, -0.05) is 50.3 Å². The fraction of sp³-hybridized carbons (Fsp3) is 0.333. The molecule has 0 amide bonds. The van der Waals surface area contributed by atoms with Crippen LogP contribution in [-0.4, -0.2) is 5.75 Å². The molecule has 0 atom stereocenters. The first-order valence-corrected chi connectivity index (χ1v) is 5.75. The van der Waals surface area contributed by atoms with Crippen molar-refractivity contribution < 1.29 is 0 Å². The summed E-state index contributed by atoms with van der Waals surface area (Å²) in [4.78, 5) is 1.41. The highest BCUT2D eigenvalue weighted by atomic mass is 32.2. The van der Waals surface area contributed by atoms with Gasteiger partial charge in [-0.25, -0.2) is 0 Å². The van der Waals surface area contributed by atoms with E-state index in [0.29, 0.717) is 0 Å². The van der Waals surface area contributed by atoms with Crippen molar-refractivity contribution in [2.75, 3.05) is 5.75 Å². The Kier molecular flexibility index (Phi) is 4.69. The highest BCUT2D eigenvalue weighted by molar-refractivity contribution is 8.08. The topological polar surface area (TPSA) is 0 Å². The third-order valence-corrected chi connectivity index (χ3v) is 2.75. The Morgan fingerprint density at radius 2 is 1.92 bits per heavy atom. The Hall–Kier alpha value is -0.690. The summed E-state index contributed by atoms with van der Waals surface area (Å²) in [6.45, 7) is 4.37. The molecule has 0 spiro atoms. The molecule has 1 rings (SSSR count). The van der Waals surface area contributed by atoms with Crippen molar-refractivity contribution in [3.05, 3.63) is 42.0 Å². The number of hydrogen-bond donors (Lipinski definition) is 0. The summed E-state index contributed by atoms with van der Waals surface area (Å²) in [7, 11) is 0. The molecule has 70 valence electrons. The Balaban J connectivity index is 2.83. The standard InChI is InChI=1S/C12H16S/c1-3-8-12(13-4-2)11-9-6-5-7-10-11/h5-10H,3-4H2,1-2H3/b12-8-. The van der Waals surface area contributed by atoms with Crippen LogP contribution in [0.25, 0.3) is 4.91 Å². The van der Waals surface area contributed by atoms with Gasteiger partial charge in [-0.2, -0.15) is 0 Å². The molecular formula is C12H16S. The molecule has 0 heterocycles. The molecule has 0 aromatic heterocycles. The van der Waals surface area contributed by atoms with Gasteiger partial charge < -0.3 is 0 Å². The van der Waals surface area contributed by atoms with Crippen molar-refractivity contribution in [2.45, 2.75) is 20.3 Å². The van der Waals surface area contributed by atoms with Crippen LogP contribution in [0.4, 0.5) is 0 Å². The molecule has 0 bridgehead atoms. The highest BCUT2D eigenvalue weighted by Gasteiger charge is 1.98. The van der Waals surface area contributed by atoms with Crippen LogP contribution in [0.15, 0.2) is 36.4 Å². The molecule has 0 aliphatic heterocycles. The van der Waals surface area contributed by atoms with E-state index in [0.717, 1.165) is 12.2 Å². The second-order valence-electron chi connectivity index (χ2n) is 2.78. The van der Waals surface area contributed by atoms with E-state index in [-0.39, 0.29) is 0 Å². The molecule has 1 aromatic carbocycles. The van der Waals surface area contributed by atoms with Gasteiger partial charge >= 0.3 is 0 Å². The zero-order chi connectivity index (χ0) is 9.52. The SMILES string of the molecule is CC/C=C(\SCC)c1ccccc1. The van der Waals surface area contributed by atoms with Crippen LogP contribution < -0.4 is 0 Å². The molecule has 0 radical (unpaired) electrons. The van der Waals surface area contributed by atoms with Gasteiger partial charge in [0.25, 0.3) is 0 Å². The lowest BCUT2D eigenvalue weighted by Crippen LogP contribution is -1.79. The lowest BCUT2D eigenvalue weighted by atomic mass is 10.2. The summed E-state index contributed by atoms with van der Waals surface area (Å²) >= 11 is 1.92. The van der Waals surface area contributed by atoms with Gasteiger partial charge in [-0.3, -0.25) is 0 Å². The van der Waals surface area contributed by atoms with Crippen molar-refractivity contribution in [1.82, 2.24) is 0 Å². The average molecular weight is 192 g/mol. The van der Waals surface area contributed by atoms with Crippen molar-refractivity contribution in [1.29, 1.82) is 0 Å². The molecule has 0 saturated carbocycles. The average Bonchev–Trinajstić information content (AvgIpc) is 2.19. The molecule has 0 saturated heterocycles. The molecule has 13 heavy (non-hydrogen) atoms. The molecule has 1 heteroatoms. The first-order chi connectivity index (χ1) is 6.38. The fourth-order valence-electron chi connectivity index (χ4n) is 1.20. The van der Waals surface area contributed by atoms with Gasteiger partial charge in [0.1, 0.15) is 0 Å². The monoisotopic (exact) mass is 192 g/mol. The first kappa shape index (κ1) is 10.4. The Labute approximate surface area is 85.1 Å². The lowest BCUT2D eigenvalue weighted by Gasteiger charge is -2.04. The van der Waals surface area contributed by atoms with Crippen LogP contribution in [0.1, 0.15) is 25.8 Å². The van der Waals surface area contributed by atoms with Gasteiger partial charge in [0.2, 0.25) is 0 Å². The Bertz CT molecular complexity index is 262. The minimum absolute atomic E-state index is 1.11. The third kappa shape index (κ3) is 3.27. The van der Waals surface area contributed by atoms with E-state index >= 15 is 0 Å². The van der Waals surface area contributed by atoms with Gasteiger partial charge in [0.05, 0.1) is 0 Å². The molecular weight excluding hydrogens is 176 g/mol. The highest BCUT2D eigenvalue weighted by Crippen LogP contribution is 2.27. The molecule has 0 fully saturated rings. The number of allylic oxidation sites excluding steroid dienone is 1. The van der Waals surface area contributed by atoms with E-state index in [2.05, 4.69) is 50.3 Å².